The summed E-state index contributed by atoms with van der Waals surface area (Å²) in [4.78, 5) is 34.5. The van der Waals surface area contributed by atoms with E-state index in [1.807, 2.05) is 0 Å². The lowest BCUT2D eigenvalue weighted by molar-refractivity contribution is -0.124. The van der Waals surface area contributed by atoms with Crippen LogP contribution in [0, 0.1) is 17.8 Å². The number of carbonyl (C=O) groups excluding carboxylic acids is 3. The number of rotatable bonds is 10. The quantitative estimate of drug-likeness (QED) is 0.152. The summed E-state index contributed by atoms with van der Waals surface area (Å²) >= 11 is 0. The first-order valence-electron chi connectivity index (χ1n) is 10.0. The van der Waals surface area contributed by atoms with E-state index in [2.05, 4.69) is 5.32 Å². The van der Waals surface area contributed by atoms with Crippen molar-refractivity contribution in [2.75, 3.05) is 6.54 Å². The van der Waals surface area contributed by atoms with Crippen LogP contribution < -0.4 is 5.32 Å². The number of aliphatic hydroxyl groups excluding tert-OH is 4. The number of Topliss-reactive ketones (excluding diaryl/α,β-unsaturated/α-hetero) is 2. The van der Waals surface area contributed by atoms with Gasteiger partial charge in [-0.2, -0.15) is 0 Å². The third kappa shape index (κ3) is 6.90. The van der Waals surface area contributed by atoms with Crippen molar-refractivity contribution >= 4 is 17.5 Å². The molecule has 8 heteroatoms. The molecule has 0 saturated carbocycles. The van der Waals surface area contributed by atoms with Crippen molar-refractivity contribution in [2.24, 2.45) is 17.8 Å². The van der Waals surface area contributed by atoms with Crippen molar-refractivity contribution in [1.29, 1.82) is 0 Å². The monoisotopic (exact) mass is 423 g/mol. The van der Waals surface area contributed by atoms with Gasteiger partial charge in [0, 0.05) is 24.2 Å². The molecule has 1 aliphatic rings. The number of hydrogen-bond donors (Lipinski definition) is 5. The number of hydrogen-bond acceptors (Lipinski definition) is 7. The molecule has 0 aromatic carbocycles. The predicted molar refractivity (Wildman–Crippen MR) is 111 cm³/mol. The lowest BCUT2D eigenvalue weighted by Crippen LogP contribution is -2.37. The summed E-state index contributed by atoms with van der Waals surface area (Å²) < 4.78 is 0. The molecule has 1 heterocycles. The topological polar surface area (TPSA) is 144 Å². The van der Waals surface area contributed by atoms with E-state index in [9.17, 15) is 34.8 Å². The summed E-state index contributed by atoms with van der Waals surface area (Å²) in [6.45, 7) is 7.99. The zero-order chi connectivity index (χ0) is 23.2. The van der Waals surface area contributed by atoms with Crippen molar-refractivity contribution in [1.82, 2.24) is 5.32 Å². The van der Waals surface area contributed by atoms with E-state index in [1.54, 1.807) is 33.8 Å². The van der Waals surface area contributed by atoms with E-state index in [0.717, 1.165) is 0 Å². The van der Waals surface area contributed by atoms with Crippen molar-refractivity contribution in [3.05, 3.63) is 35.1 Å². The first-order valence-corrected chi connectivity index (χ1v) is 10.0. The highest BCUT2D eigenvalue weighted by molar-refractivity contribution is 6.25. The summed E-state index contributed by atoms with van der Waals surface area (Å²) in [5.41, 5.74) is 0.397. The van der Waals surface area contributed by atoms with Gasteiger partial charge < -0.3 is 25.7 Å². The zero-order valence-electron chi connectivity index (χ0n) is 18.1. The fraction of sp³-hybridized carbons (Fsp3) is 0.591. The molecule has 0 unspecified atom stereocenters. The maximum absolute atomic E-state index is 11.6. The van der Waals surface area contributed by atoms with Crippen LogP contribution in [0.3, 0.4) is 0 Å². The van der Waals surface area contributed by atoms with Crippen molar-refractivity contribution in [3.8, 4) is 0 Å². The van der Waals surface area contributed by atoms with E-state index >= 15 is 0 Å². The molecule has 8 nitrogen and oxygen atoms in total. The highest BCUT2D eigenvalue weighted by Crippen LogP contribution is 2.23. The van der Waals surface area contributed by atoms with Crippen molar-refractivity contribution in [2.45, 2.75) is 59.4 Å². The van der Waals surface area contributed by atoms with Crippen LogP contribution in [-0.2, 0) is 14.4 Å². The van der Waals surface area contributed by atoms with Gasteiger partial charge in [-0.05, 0) is 19.9 Å². The highest BCUT2D eigenvalue weighted by Gasteiger charge is 2.30. The molecule has 0 aromatic heterocycles. The first kappa shape index (κ1) is 25.7. The number of aliphatic hydroxyl groups is 4. The van der Waals surface area contributed by atoms with Gasteiger partial charge in [0.05, 0.1) is 24.9 Å². The van der Waals surface area contributed by atoms with Gasteiger partial charge in [0.2, 0.25) is 0 Å². The lowest BCUT2D eigenvalue weighted by atomic mass is 9.84. The van der Waals surface area contributed by atoms with Gasteiger partial charge in [-0.1, -0.05) is 38.5 Å². The fourth-order valence-electron chi connectivity index (χ4n) is 3.23. The number of nitrogens with one attached hydrogen (secondary N) is 1. The Bertz CT molecular complexity index is 735. The SMILES string of the molecule is CC(=O)[C@H](C)[C@H](O)C[C@H](O)[C@H](C)[C@H](O)[C@H](C)/C=C(C)/C=C/C(O)=C1/C(=O)CNC1=O. The van der Waals surface area contributed by atoms with E-state index in [4.69, 9.17) is 0 Å². The Kier molecular flexibility index (Phi) is 9.61. The van der Waals surface area contributed by atoms with Crippen LogP contribution >= 0.6 is 0 Å². The maximum Gasteiger partial charge on any atom is 0.259 e. The second kappa shape index (κ2) is 11.2. The Morgan fingerprint density at radius 1 is 1.07 bits per heavy atom. The largest absolute Gasteiger partial charge is 0.507 e. The number of allylic oxidation sites excluding steroid dienone is 3. The summed E-state index contributed by atoms with van der Waals surface area (Å²) in [5.74, 6) is -3.20. The Morgan fingerprint density at radius 3 is 2.17 bits per heavy atom. The lowest BCUT2D eigenvalue weighted by Gasteiger charge is -2.29. The Morgan fingerprint density at radius 2 is 1.67 bits per heavy atom. The Labute approximate surface area is 177 Å². The van der Waals surface area contributed by atoms with E-state index in [-0.39, 0.29) is 30.2 Å². The number of amides is 1. The molecule has 6 atom stereocenters. The second-order valence-corrected chi connectivity index (χ2v) is 8.09. The summed E-state index contributed by atoms with van der Waals surface area (Å²) in [6.07, 6.45) is 1.57. The van der Waals surface area contributed by atoms with Crippen LogP contribution in [0.5, 0.6) is 0 Å². The average molecular weight is 424 g/mol. The maximum atomic E-state index is 11.6. The third-order valence-electron chi connectivity index (χ3n) is 5.59. The normalized spacial score (nSPS) is 23.0. The Hall–Kier alpha value is -2.29. The molecule has 1 saturated heterocycles. The molecule has 5 N–H and O–H groups in total. The fourth-order valence-corrected chi connectivity index (χ4v) is 3.23. The smallest absolute Gasteiger partial charge is 0.259 e. The van der Waals surface area contributed by atoms with Gasteiger partial charge in [-0.15, -0.1) is 0 Å². The molecule has 0 spiro atoms. The first-order chi connectivity index (χ1) is 13.9. The van der Waals surface area contributed by atoms with Crippen LogP contribution in [0.4, 0.5) is 0 Å². The van der Waals surface area contributed by atoms with Gasteiger partial charge in [0.25, 0.3) is 5.91 Å². The van der Waals surface area contributed by atoms with Gasteiger partial charge in [0.1, 0.15) is 17.1 Å². The molecule has 0 radical (unpaired) electrons. The molecular weight excluding hydrogens is 390 g/mol. The Balaban J connectivity index is 2.76. The number of ketones is 2. The molecule has 0 bridgehead atoms. The summed E-state index contributed by atoms with van der Waals surface area (Å²) in [7, 11) is 0. The van der Waals surface area contributed by atoms with Crippen molar-refractivity contribution in [3.63, 3.8) is 0 Å². The molecular formula is C22H33NO7. The van der Waals surface area contributed by atoms with Gasteiger partial charge in [-0.3, -0.25) is 14.4 Å². The van der Waals surface area contributed by atoms with Gasteiger partial charge in [-0.25, -0.2) is 0 Å². The minimum Gasteiger partial charge on any atom is -0.507 e. The molecule has 0 aliphatic carbocycles. The minimum atomic E-state index is -0.996. The van der Waals surface area contributed by atoms with Crippen LogP contribution in [0.2, 0.25) is 0 Å². The molecule has 168 valence electrons. The minimum absolute atomic E-state index is 0.0220. The van der Waals surface area contributed by atoms with Gasteiger partial charge in [0.15, 0.2) is 5.78 Å². The van der Waals surface area contributed by atoms with Crippen LogP contribution in [0.15, 0.2) is 35.1 Å². The summed E-state index contributed by atoms with van der Waals surface area (Å²) in [5, 5.41) is 43.3. The molecule has 0 aromatic rings. The van der Waals surface area contributed by atoms with Gasteiger partial charge >= 0.3 is 0 Å². The molecule has 1 fully saturated rings. The van der Waals surface area contributed by atoms with E-state index in [1.165, 1.54) is 19.1 Å². The average Bonchev–Trinajstić information content (AvgIpc) is 3.02. The van der Waals surface area contributed by atoms with E-state index in [0.29, 0.717) is 5.57 Å². The predicted octanol–water partition coefficient (Wildman–Crippen LogP) is 0.970. The molecule has 1 rings (SSSR count). The highest BCUT2D eigenvalue weighted by atomic mass is 16.3. The molecule has 30 heavy (non-hydrogen) atoms. The summed E-state index contributed by atoms with van der Waals surface area (Å²) in [6, 6.07) is 0. The van der Waals surface area contributed by atoms with E-state index < -0.39 is 47.6 Å². The molecule has 1 aliphatic heterocycles. The second-order valence-electron chi connectivity index (χ2n) is 8.09. The standard InChI is InChI=1S/C22H33NO7/c1-11(6-7-16(25)20-19(28)10-23-22(20)30)8-12(2)21(29)14(4)18(27)9-17(26)13(3)15(5)24/h6-8,12-14,17-18,21,25-27,29H,9-10H2,1-5H3,(H,23,30)/b7-6+,11-8+,20-16+/t12-,13+,14+,17-,18+,21-/m1/s1. The van der Waals surface area contributed by atoms with Crippen molar-refractivity contribution < 1.29 is 34.8 Å². The third-order valence-corrected chi connectivity index (χ3v) is 5.59. The zero-order valence-corrected chi connectivity index (χ0v) is 18.1. The molecule has 1 amide bonds. The van der Waals surface area contributed by atoms with Crippen LogP contribution in [0.25, 0.3) is 0 Å². The number of carbonyl (C=O) groups is 3. The van der Waals surface area contributed by atoms with Crippen LogP contribution in [-0.4, -0.2) is 62.8 Å². The van der Waals surface area contributed by atoms with Crippen LogP contribution in [0.1, 0.15) is 41.0 Å².